The van der Waals surface area contributed by atoms with E-state index in [1.54, 1.807) is 36.2 Å². The molecule has 1 N–H and O–H groups in total. The van der Waals surface area contributed by atoms with Crippen LogP contribution < -0.4 is 4.74 Å². The van der Waals surface area contributed by atoms with Gasteiger partial charge in [-0.15, -0.1) is 10.2 Å². The number of hydrogen-bond donors (Lipinski definition) is 1. The van der Waals surface area contributed by atoms with Crippen LogP contribution in [0.25, 0.3) is 11.3 Å². The number of phenolic OH excluding ortho intramolecular Hbond substituents is 1. The molecule has 1 aromatic carbocycles. The van der Waals surface area contributed by atoms with E-state index >= 15 is 0 Å². The lowest BCUT2D eigenvalue weighted by Crippen LogP contribution is -2.20. The van der Waals surface area contributed by atoms with Crippen molar-refractivity contribution in [1.29, 1.82) is 0 Å². The maximum atomic E-state index is 9.35. The lowest BCUT2D eigenvalue weighted by atomic mass is 10.1. The highest BCUT2D eigenvalue weighted by molar-refractivity contribution is 5.64. The average Bonchev–Trinajstić information content (AvgIpc) is 2.93. The third-order valence-electron chi connectivity index (χ3n) is 3.35. The predicted molar refractivity (Wildman–Crippen MR) is 72.5 cm³/mol. The molecule has 2 aromatic rings. The van der Waals surface area contributed by atoms with E-state index in [0.717, 1.165) is 31.4 Å². The molecule has 1 fully saturated rings. The van der Waals surface area contributed by atoms with E-state index in [2.05, 4.69) is 10.2 Å². The Morgan fingerprint density at radius 2 is 2.05 bits per heavy atom. The molecule has 0 aliphatic carbocycles. The largest absolute Gasteiger partial charge is 0.508 e. The van der Waals surface area contributed by atoms with Gasteiger partial charge >= 0.3 is 0 Å². The molecule has 1 aromatic heterocycles. The van der Waals surface area contributed by atoms with Crippen molar-refractivity contribution in [2.75, 3.05) is 13.7 Å². The molecule has 6 nitrogen and oxygen atoms in total. The molecule has 106 valence electrons. The topological polar surface area (TPSA) is 69.4 Å². The van der Waals surface area contributed by atoms with Gasteiger partial charge in [0.15, 0.2) is 11.9 Å². The zero-order valence-corrected chi connectivity index (χ0v) is 11.3. The number of benzene rings is 1. The van der Waals surface area contributed by atoms with E-state index in [4.69, 9.17) is 9.47 Å². The van der Waals surface area contributed by atoms with E-state index in [-0.39, 0.29) is 12.0 Å². The molecule has 1 saturated heterocycles. The molecular weight excluding hydrogens is 258 g/mol. The number of aromatic hydroxyl groups is 1. The monoisotopic (exact) mass is 275 g/mol. The van der Waals surface area contributed by atoms with Crippen LogP contribution in [0.4, 0.5) is 0 Å². The van der Waals surface area contributed by atoms with E-state index < -0.39 is 0 Å². The maximum Gasteiger partial charge on any atom is 0.261 e. The van der Waals surface area contributed by atoms with Gasteiger partial charge in [-0.2, -0.15) is 4.80 Å². The summed E-state index contributed by atoms with van der Waals surface area (Å²) >= 11 is 0. The summed E-state index contributed by atoms with van der Waals surface area (Å²) in [5.41, 5.74) is 1.50. The zero-order valence-electron chi connectivity index (χ0n) is 11.3. The third-order valence-corrected chi connectivity index (χ3v) is 3.35. The first-order valence-corrected chi connectivity index (χ1v) is 6.70. The molecule has 3 rings (SSSR count). The number of hydrogen-bond acceptors (Lipinski definition) is 5. The summed E-state index contributed by atoms with van der Waals surface area (Å²) in [4.78, 5) is 1.58. The standard InChI is InChI=1S/C14H17N3O3/c1-19-14-13(10-5-7-11(18)8-6-10)15-17(16-14)12-4-2-3-9-20-12/h5-8,12,18H,2-4,9H2,1H3. The molecular formula is C14H17N3O3. The maximum absolute atomic E-state index is 9.35. The molecule has 1 aliphatic heterocycles. The number of ether oxygens (including phenoxy) is 2. The lowest BCUT2D eigenvalue weighted by molar-refractivity contribution is -0.0483. The third kappa shape index (κ3) is 2.46. The van der Waals surface area contributed by atoms with Gasteiger partial charge in [0.25, 0.3) is 5.88 Å². The van der Waals surface area contributed by atoms with Crippen LogP contribution in [0, 0.1) is 0 Å². The number of nitrogens with zero attached hydrogens (tertiary/aromatic N) is 3. The van der Waals surface area contributed by atoms with Gasteiger partial charge in [-0.3, -0.25) is 0 Å². The van der Waals surface area contributed by atoms with Crippen LogP contribution in [0.2, 0.25) is 0 Å². The van der Waals surface area contributed by atoms with E-state index in [9.17, 15) is 5.11 Å². The quantitative estimate of drug-likeness (QED) is 0.931. The van der Waals surface area contributed by atoms with Crippen molar-refractivity contribution in [3.63, 3.8) is 0 Å². The van der Waals surface area contributed by atoms with Crippen molar-refractivity contribution in [1.82, 2.24) is 15.0 Å². The Labute approximate surface area is 116 Å². The van der Waals surface area contributed by atoms with Crippen LogP contribution in [0.15, 0.2) is 24.3 Å². The van der Waals surface area contributed by atoms with Crippen molar-refractivity contribution in [2.24, 2.45) is 0 Å². The van der Waals surface area contributed by atoms with Gasteiger partial charge in [-0.05, 0) is 43.5 Å². The Balaban J connectivity index is 1.93. The first kappa shape index (κ1) is 12.9. The van der Waals surface area contributed by atoms with Crippen LogP contribution in [-0.2, 0) is 4.74 Å². The molecule has 0 spiro atoms. The lowest BCUT2D eigenvalue weighted by Gasteiger charge is -2.21. The second kappa shape index (κ2) is 5.50. The SMILES string of the molecule is COc1nn(C2CCCCO2)nc1-c1ccc(O)cc1. The minimum Gasteiger partial charge on any atom is -0.508 e. The zero-order chi connectivity index (χ0) is 13.9. The fourth-order valence-electron chi connectivity index (χ4n) is 2.28. The van der Waals surface area contributed by atoms with Gasteiger partial charge in [0.1, 0.15) is 5.75 Å². The molecule has 1 unspecified atom stereocenters. The van der Waals surface area contributed by atoms with Gasteiger partial charge < -0.3 is 14.6 Å². The van der Waals surface area contributed by atoms with Gasteiger partial charge in [0, 0.05) is 12.2 Å². The number of aromatic nitrogens is 3. The van der Waals surface area contributed by atoms with Crippen LogP contribution in [-0.4, -0.2) is 33.8 Å². The molecule has 6 heteroatoms. The number of phenols is 1. The normalized spacial score (nSPS) is 18.9. The molecule has 20 heavy (non-hydrogen) atoms. The van der Waals surface area contributed by atoms with Crippen LogP contribution in [0.3, 0.4) is 0 Å². The molecule has 1 aliphatic rings. The summed E-state index contributed by atoms with van der Waals surface area (Å²) in [6.45, 7) is 0.739. The summed E-state index contributed by atoms with van der Waals surface area (Å²) in [6.07, 6.45) is 2.99. The van der Waals surface area contributed by atoms with Crippen LogP contribution >= 0.6 is 0 Å². The van der Waals surface area contributed by atoms with Crippen LogP contribution in [0.1, 0.15) is 25.5 Å². The second-order valence-electron chi connectivity index (χ2n) is 4.75. The fraction of sp³-hybridized carbons (Fsp3) is 0.429. The highest BCUT2D eigenvalue weighted by Gasteiger charge is 2.21. The van der Waals surface area contributed by atoms with Crippen molar-refractivity contribution >= 4 is 0 Å². The summed E-state index contributed by atoms with van der Waals surface area (Å²) in [5, 5.41) is 18.2. The summed E-state index contributed by atoms with van der Waals surface area (Å²) < 4.78 is 11.0. The second-order valence-corrected chi connectivity index (χ2v) is 4.75. The van der Waals surface area contributed by atoms with Crippen LogP contribution in [0.5, 0.6) is 11.6 Å². The van der Waals surface area contributed by atoms with E-state index in [1.807, 2.05) is 0 Å². The van der Waals surface area contributed by atoms with Crippen molar-refractivity contribution in [2.45, 2.75) is 25.5 Å². The first-order chi connectivity index (χ1) is 9.78. The Hall–Kier alpha value is -2.08. The molecule has 2 heterocycles. The smallest absolute Gasteiger partial charge is 0.261 e. The average molecular weight is 275 g/mol. The molecule has 0 saturated carbocycles. The minimum absolute atomic E-state index is 0.122. The Morgan fingerprint density at radius 1 is 1.25 bits per heavy atom. The highest BCUT2D eigenvalue weighted by Crippen LogP contribution is 2.30. The molecule has 0 amide bonds. The van der Waals surface area contributed by atoms with E-state index in [1.165, 1.54) is 0 Å². The molecule has 0 bridgehead atoms. The van der Waals surface area contributed by atoms with Gasteiger partial charge in [0.05, 0.1) is 7.11 Å². The summed E-state index contributed by atoms with van der Waals surface area (Å²) in [6, 6.07) is 6.80. The van der Waals surface area contributed by atoms with Gasteiger partial charge in [-0.1, -0.05) is 0 Å². The summed E-state index contributed by atoms with van der Waals surface area (Å²) in [7, 11) is 1.57. The first-order valence-electron chi connectivity index (χ1n) is 6.70. The Bertz CT molecular complexity index is 574. The minimum atomic E-state index is -0.122. The van der Waals surface area contributed by atoms with Crippen molar-refractivity contribution in [3.05, 3.63) is 24.3 Å². The van der Waals surface area contributed by atoms with E-state index in [0.29, 0.717) is 11.6 Å². The predicted octanol–water partition coefficient (Wildman–Crippen LogP) is 2.36. The fourth-order valence-corrected chi connectivity index (χ4v) is 2.28. The van der Waals surface area contributed by atoms with Gasteiger partial charge in [0.2, 0.25) is 0 Å². The molecule has 1 atom stereocenters. The summed E-state index contributed by atoms with van der Waals surface area (Å²) in [5.74, 6) is 0.681. The number of methoxy groups -OCH3 is 1. The Kier molecular flexibility index (Phi) is 3.56. The Morgan fingerprint density at radius 3 is 2.70 bits per heavy atom. The number of rotatable bonds is 3. The highest BCUT2D eigenvalue weighted by atomic mass is 16.5. The molecule has 0 radical (unpaired) electrons. The van der Waals surface area contributed by atoms with Crippen molar-refractivity contribution < 1.29 is 14.6 Å². The van der Waals surface area contributed by atoms with Gasteiger partial charge in [-0.25, -0.2) is 0 Å². The van der Waals surface area contributed by atoms with Crippen molar-refractivity contribution in [3.8, 4) is 22.9 Å².